The fraction of sp³-hybridized carbons (Fsp3) is 0.0667. The molecule has 0 fully saturated rings. The zero-order valence-corrected chi connectivity index (χ0v) is 10.3. The van der Waals surface area contributed by atoms with Crippen molar-refractivity contribution in [2.45, 2.75) is 6.10 Å². The Hall–Kier alpha value is -2.82. The van der Waals surface area contributed by atoms with Crippen LogP contribution in [0.1, 0.15) is 17.2 Å². The highest BCUT2D eigenvalue weighted by Crippen LogP contribution is 2.42. The van der Waals surface area contributed by atoms with Crippen molar-refractivity contribution in [3.63, 3.8) is 0 Å². The second kappa shape index (κ2) is 4.38. The molecule has 102 valence electrons. The molecule has 0 aromatic heterocycles. The van der Waals surface area contributed by atoms with Crippen molar-refractivity contribution in [1.29, 1.82) is 0 Å². The molecule has 0 aliphatic carbocycles. The first-order valence-electron chi connectivity index (χ1n) is 5.97. The topological polar surface area (TPSA) is 90.2 Å². The predicted molar refractivity (Wildman–Crippen MR) is 71.9 cm³/mol. The van der Waals surface area contributed by atoms with E-state index in [-0.39, 0.29) is 28.8 Å². The van der Waals surface area contributed by atoms with Crippen molar-refractivity contribution >= 4 is 6.08 Å². The number of phenols is 3. The van der Waals surface area contributed by atoms with E-state index < -0.39 is 6.10 Å². The van der Waals surface area contributed by atoms with Crippen LogP contribution in [0.5, 0.6) is 23.0 Å². The van der Waals surface area contributed by atoms with Crippen LogP contribution in [0.3, 0.4) is 0 Å². The van der Waals surface area contributed by atoms with E-state index in [0.717, 1.165) is 0 Å². The van der Waals surface area contributed by atoms with E-state index >= 15 is 0 Å². The minimum atomic E-state index is -0.746. The van der Waals surface area contributed by atoms with E-state index in [9.17, 15) is 20.4 Å². The van der Waals surface area contributed by atoms with Crippen molar-refractivity contribution in [3.05, 3.63) is 53.3 Å². The van der Waals surface area contributed by atoms with Crippen LogP contribution in [0, 0.1) is 0 Å². The van der Waals surface area contributed by atoms with Gasteiger partial charge in [0.1, 0.15) is 28.8 Å². The molecule has 0 radical (unpaired) electrons. The Labute approximate surface area is 114 Å². The summed E-state index contributed by atoms with van der Waals surface area (Å²) in [5, 5.41) is 38.5. The van der Waals surface area contributed by atoms with Gasteiger partial charge in [-0.2, -0.15) is 0 Å². The van der Waals surface area contributed by atoms with Gasteiger partial charge in [0.25, 0.3) is 0 Å². The van der Waals surface area contributed by atoms with E-state index in [2.05, 4.69) is 0 Å². The Morgan fingerprint density at radius 3 is 2.25 bits per heavy atom. The van der Waals surface area contributed by atoms with Crippen LogP contribution in [0.2, 0.25) is 0 Å². The number of aromatic hydroxyl groups is 3. The normalized spacial score (nSPS) is 17.0. The molecule has 2 aromatic carbocycles. The Bertz CT molecular complexity index is 688. The highest BCUT2D eigenvalue weighted by Gasteiger charge is 2.26. The van der Waals surface area contributed by atoms with Gasteiger partial charge >= 0.3 is 0 Å². The van der Waals surface area contributed by atoms with Crippen molar-refractivity contribution in [3.8, 4) is 23.0 Å². The molecule has 4 N–H and O–H groups in total. The smallest absolute Gasteiger partial charge is 0.180 e. The van der Waals surface area contributed by atoms with Gasteiger partial charge in [0.05, 0.1) is 5.56 Å². The van der Waals surface area contributed by atoms with Gasteiger partial charge in [-0.3, -0.25) is 0 Å². The molecule has 20 heavy (non-hydrogen) atoms. The third-order valence-corrected chi connectivity index (χ3v) is 3.11. The van der Waals surface area contributed by atoms with Gasteiger partial charge in [0, 0.05) is 17.7 Å². The van der Waals surface area contributed by atoms with Crippen LogP contribution in [0.25, 0.3) is 6.08 Å². The molecule has 1 unspecified atom stereocenters. The number of aliphatic hydroxyl groups is 1. The van der Waals surface area contributed by atoms with E-state index in [4.69, 9.17) is 4.74 Å². The van der Waals surface area contributed by atoms with Gasteiger partial charge in [-0.15, -0.1) is 0 Å². The van der Waals surface area contributed by atoms with Crippen LogP contribution in [0.15, 0.2) is 42.2 Å². The second-order valence-corrected chi connectivity index (χ2v) is 4.54. The van der Waals surface area contributed by atoms with Gasteiger partial charge < -0.3 is 25.2 Å². The molecule has 1 aliphatic rings. The van der Waals surface area contributed by atoms with Crippen molar-refractivity contribution in [2.24, 2.45) is 0 Å². The minimum absolute atomic E-state index is 0.0656. The second-order valence-electron chi connectivity index (χ2n) is 4.54. The molecule has 0 saturated carbocycles. The molecule has 1 atom stereocenters. The summed E-state index contributed by atoms with van der Waals surface area (Å²) in [6.45, 7) is 0. The standard InChI is InChI=1S/C15H12O5/c16-9-3-1-8(2-4-9)15-13(19)7-11-12(18)5-10(17)6-14(11)20-15/h1-7,15-19H. The Balaban J connectivity index is 2.04. The maximum atomic E-state index is 10.0. The van der Waals surface area contributed by atoms with Crippen LogP contribution >= 0.6 is 0 Å². The first kappa shape index (κ1) is 12.2. The zero-order valence-electron chi connectivity index (χ0n) is 10.3. The number of benzene rings is 2. The van der Waals surface area contributed by atoms with Crippen LogP contribution in [-0.4, -0.2) is 20.4 Å². The van der Waals surface area contributed by atoms with Gasteiger partial charge in [-0.05, 0) is 18.2 Å². The van der Waals surface area contributed by atoms with Crippen LogP contribution in [-0.2, 0) is 0 Å². The average Bonchev–Trinajstić information content (AvgIpc) is 2.40. The lowest BCUT2D eigenvalue weighted by molar-refractivity contribution is 0.173. The molecule has 0 amide bonds. The molecule has 0 saturated heterocycles. The third kappa shape index (κ3) is 1.99. The minimum Gasteiger partial charge on any atom is -0.508 e. The largest absolute Gasteiger partial charge is 0.508 e. The molecule has 5 heteroatoms. The number of hydrogen-bond acceptors (Lipinski definition) is 5. The third-order valence-electron chi connectivity index (χ3n) is 3.11. The van der Waals surface area contributed by atoms with E-state index in [1.807, 2.05) is 0 Å². The van der Waals surface area contributed by atoms with Crippen LogP contribution < -0.4 is 4.74 Å². The summed E-state index contributed by atoms with van der Waals surface area (Å²) < 4.78 is 5.61. The summed E-state index contributed by atoms with van der Waals surface area (Å²) in [4.78, 5) is 0. The maximum Gasteiger partial charge on any atom is 0.180 e. The lowest BCUT2D eigenvalue weighted by atomic mass is 10.0. The quantitative estimate of drug-likeness (QED) is 0.641. The highest BCUT2D eigenvalue weighted by atomic mass is 16.5. The van der Waals surface area contributed by atoms with Gasteiger partial charge in [-0.25, -0.2) is 0 Å². The van der Waals surface area contributed by atoms with Crippen molar-refractivity contribution in [1.82, 2.24) is 0 Å². The molecule has 1 heterocycles. The number of ether oxygens (including phenoxy) is 1. The fourth-order valence-electron chi connectivity index (χ4n) is 2.14. The molecular formula is C15H12O5. The number of phenolic OH excluding ortho intramolecular Hbond substituents is 3. The SMILES string of the molecule is OC1=Cc2c(O)cc(O)cc2OC1c1ccc(O)cc1. The number of fused-ring (bicyclic) bond motifs is 1. The Kier molecular flexibility index (Phi) is 2.68. The molecule has 5 nitrogen and oxygen atoms in total. The first-order chi connectivity index (χ1) is 9.54. The molecule has 2 aromatic rings. The predicted octanol–water partition coefficient (Wildman–Crippen LogP) is 2.84. The molecule has 3 rings (SSSR count). The number of aliphatic hydroxyl groups excluding tert-OH is 1. The van der Waals surface area contributed by atoms with Gasteiger partial charge in [-0.1, -0.05) is 12.1 Å². The molecule has 0 bridgehead atoms. The summed E-state index contributed by atoms with van der Waals surface area (Å²) in [6.07, 6.45) is 0.648. The molecule has 0 spiro atoms. The molecular weight excluding hydrogens is 260 g/mol. The summed E-state index contributed by atoms with van der Waals surface area (Å²) in [5.41, 5.74) is 0.959. The summed E-state index contributed by atoms with van der Waals surface area (Å²) in [5.74, 6) is 0.0301. The van der Waals surface area contributed by atoms with E-state index in [1.54, 1.807) is 12.1 Å². The summed E-state index contributed by atoms with van der Waals surface area (Å²) in [6, 6.07) is 8.76. The monoisotopic (exact) mass is 272 g/mol. The maximum absolute atomic E-state index is 10.0. The van der Waals surface area contributed by atoms with Gasteiger partial charge in [0.2, 0.25) is 0 Å². The lowest BCUT2D eigenvalue weighted by Crippen LogP contribution is -2.14. The van der Waals surface area contributed by atoms with E-state index in [1.165, 1.54) is 30.3 Å². The summed E-state index contributed by atoms with van der Waals surface area (Å²) >= 11 is 0. The van der Waals surface area contributed by atoms with Gasteiger partial charge in [0.15, 0.2) is 6.10 Å². The molecule has 1 aliphatic heterocycles. The fourth-order valence-corrected chi connectivity index (χ4v) is 2.14. The lowest BCUT2D eigenvalue weighted by Gasteiger charge is -2.25. The first-order valence-corrected chi connectivity index (χ1v) is 5.97. The zero-order chi connectivity index (χ0) is 14.3. The summed E-state index contributed by atoms with van der Waals surface area (Å²) in [7, 11) is 0. The number of rotatable bonds is 1. The van der Waals surface area contributed by atoms with Crippen molar-refractivity contribution < 1.29 is 25.2 Å². The average molecular weight is 272 g/mol. The number of hydrogen-bond donors (Lipinski definition) is 4. The highest BCUT2D eigenvalue weighted by molar-refractivity contribution is 5.69. The van der Waals surface area contributed by atoms with Crippen molar-refractivity contribution in [2.75, 3.05) is 0 Å². The Morgan fingerprint density at radius 2 is 1.55 bits per heavy atom. The van der Waals surface area contributed by atoms with E-state index in [0.29, 0.717) is 11.1 Å². The van der Waals surface area contributed by atoms with Crippen LogP contribution in [0.4, 0.5) is 0 Å². The Morgan fingerprint density at radius 1 is 0.850 bits per heavy atom.